The molecule has 3 heteroatoms. The summed E-state index contributed by atoms with van der Waals surface area (Å²) in [5.41, 5.74) is 6.86. The Kier molecular flexibility index (Phi) is 5.21. The summed E-state index contributed by atoms with van der Waals surface area (Å²) in [5.74, 6) is 0.0288. The van der Waals surface area contributed by atoms with Crippen molar-refractivity contribution < 1.29 is 4.79 Å². The summed E-state index contributed by atoms with van der Waals surface area (Å²) in [4.78, 5) is 12.0. The molecule has 1 amide bonds. The molecule has 0 spiro atoms. The van der Waals surface area contributed by atoms with Crippen molar-refractivity contribution in [1.82, 2.24) is 0 Å². The Morgan fingerprint density at radius 1 is 0.955 bits per heavy atom. The van der Waals surface area contributed by atoms with Gasteiger partial charge in [0.05, 0.1) is 0 Å². The third-order valence-electron chi connectivity index (χ3n) is 4.06. The summed E-state index contributed by atoms with van der Waals surface area (Å²) in [6, 6.07) is 12.1. The third kappa shape index (κ3) is 4.10. The van der Waals surface area contributed by atoms with Gasteiger partial charge in [0.25, 0.3) is 0 Å². The van der Waals surface area contributed by atoms with E-state index >= 15 is 0 Å². The van der Waals surface area contributed by atoms with E-state index in [9.17, 15) is 4.79 Å². The first kappa shape index (κ1) is 16.1. The number of hydrogen-bond donors (Lipinski definition) is 2. The van der Waals surface area contributed by atoms with Crippen LogP contribution in [0, 0.1) is 27.7 Å². The number of carbonyl (C=O) groups excluding carboxylic acids is 1. The number of benzene rings is 2. The molecule has 3 nitrogen and oxygen atoms in total. The molecular formula is C19H24N2O. The van der Waals surface area contributed by atoms with Crippen molar-refractivity contribution in [2.75, 3.05) is 17.2 Å². The molecule has 0 radical (unpaired) electrons. The zero-order valence-electron chi connectivity index (χ0n) is 13.8. The molecule has 0 atom stereocenters. The van der Waals surface area contributed by atoms with Gasteiger partial charge in [-0.2, -0.15) is 0 Å². The van der Waals surface area contributed by atoms with Crippen LogP contribution < -0.4 is 10.6 Å². The standard InChI is InChI=1S/C19H24N2O/c1-13-8-9-17(12-15(13)3)21-19(22)10-11-20-18-7-5-6-14(2)16(18)4/h5-9,12,20H,10-11H2,1-4H3,(H,21,22). The van der Waals surface area contributed by atoms with E-state index in [1.807, 2.05) is 37.3 Å². The molecule has 0 aliphatic carbocycles. The van der Waals surface area contributed by atoms with Crippen LogP contribution in [0.1, 0.15) is 28.7 Å². The van der Waals surface area contributed by atoms with E-state index in [1.165, 1.54) is 22.3 Å². The molecule has 0 saturated heterocycles. The Morgan fingerprint density at radius 3 is 2.45 bits per heavy atom. The molecule has 0 bridgehead atoms. The Morgan fingerprint density at radius 2 is 1.73 bits per heavy atom. The molecule has 22 heavy (non-hydrogen) atoms. The Balaban J connectivity index is 1.85. The normalized spacial score (nSPS) is 10.4. The lowest BCUT2D eigenvalue weighted by Crippen LogP contribution is -2.16. The average Bonchev–Trinajstić information content (AvgIpc) is 2.47. The highest BCUT2D eigenvalue weighted by Gasteiger charge is 2.05. The maximum atomic E-state index is 12.0. The molecule has 2 rings (SSSR count). The number of rotatable bonds is 5. The minimum Gasteiger partial charge on any atom is -0.384 e. The Labute approximate surface area is 132 Å². The SMILES string of the molecule is Cc1ccc(NC(=O)CCNc2cccc(C)c2C)cc1C. The number of aryl methyl sites for hydroxylation is 3. The first-order valence-corrected chi connectivity index (χ1v) is 7.64. The molecule has 0 heterocycles. The van der Waals surface area contributed by atoms with Gasteiger partial charge in [-0.15, -0.1) is 0 Å². The summed E-state index contributed by atoms with van der Waals surface area (Å²) in [5, 5.41) is 6.27. The number of carbonyl (C=O) groups is 1. The zero-order valence-corrected chi connectivity index (χ0v) is 13.8. The molecule has 116 valence electrons. The van der Waals surface area contributed by atoms with Crippen LogP contribution in [0.4, 0.5) is 11.4 Å². The largest absolute Gasteiger partial charge is 0.384 e. The number of hydrogen-bond acceptors (Lipinski definition) is 2. The van der Waals surface area contributed by atoms with Gasteiger partial charge in [-0.1, -0.05) is 18.2 Å². The second-order valence-electron chi connectivity index (χ2n) is 5.77. The van der Waals surface area contributed by atoms with Crippen LogP contribution in [0.2, 0.25) is 0 Å². The smallest absolute Gasteiger partial charge is 0.226 e. The van der Waals surface area contributed by atoms with Gasteiger partial charge in [-0.3, -0.25) is 4.79 Å². The van der Waals surface area contributed by atoms with Gasteiger partial charge in [-0.25, -0.2) is 0 Å². The fourth-order valence-corrected chi connectivity index (χ4v) is 2.30. The van der Waals surface area contributed by atoms with E-state index in [2.05, 4.69) is 37.5 Å². The Hall–Kier alpha value is -2.29. The second-order valence-corrected chi connectivity index (χ2v) is 5.77. The molecule has 2 aromatic rings. The number of amides is 1. The fourth-order valence-electron chi connectivity index (χ4n) is 2.30. The van der Waals surface area contributed by atoms with E-state index in [0.29, 0.717) is 13.0 Å². The monoisotopic (exact) mass is 296 g/mol. The topological polar surface area (TPSA) is 41.1 Å². The number of nitrogens with one attached hydrogen (secondary N) is 2. The first-order chi connectivity index (χ1) is 10.5. The van der Waals surface area contributed by atoms with Crippen molar-refractivity contribution in [2.24, 2.45) is 0 Å². The predicted molar refractivity (Wildman–Crippen MR) is 93.6 cm³/mol. The Bertz CT molecular complexity index is 677. The zero-order chi connectivity index (χ0) is 16.1. The molecule has 0 aliphatic rings. The number of anilines is 2. The molecule has 0 saturated carbocycles. The molecular weight excluding hydrogens is 272 g/mol. The van der Waals surface area contributed by atoms with Gasteiger partial charge in [0.15, 0.2) is 0 Å². The maximum Gasteiger partial charge on any atom is 0.226 e. The van der Waals surface area contributed by atoms with Crippen LogP contribution in [0.15, 0.2) is 36.4 Å². The van der Waals surface area contributed by atoms with Crippen LogP contribution in [0.25, 0.3) is 0 Å². The lowest BCUT2D eigenvalue weighted by atomic mass is 10.1. The van der Waals surface area contributed by atoms with Crippen molar-refractivity contribution in [1.29, 1.82) is 0 Å². The minimum atomic E-state index is 0.0288. The quantitative estimate of drug-likeness (QED) is 0.860. The summed E-state index contributed by atoms with van der Waals surface area (Å²) in [7, 11) is 0. The second kappa shape index (κ2) is 7.12. The fraction of sp³-hybridized carbons (Fsp3) is 0.316. The van der Waals surface area contributed by atoms with Crippen LogP contribution >= 0.6 is 0 Å². The van der Waals surface area contributed by atoms with E-state index in [1.54, 1.807) is 0 Å². The highest BCUT2D eigenvalue weighted by molar-refractivity contribution is 5.91. The first-order valence-electron chi connectivity index (χ1n) is 7.64. The third-order valence-corrected chi connectivity index (χ3v) is 4.06. The highest BCUT2D eigenvalue weighted by Crippen LogP contribution is 2.18. The van der Waals surface area contributed by atoms with E-state index < -0.39 is 0 Å². The molecule has 0 aromatic heterocycles. The van der Waals surface area contributed by atoms with E-state index in [4.69, 9.17) is 0 Å². The molecule has 2 N–H and O–H groups in total. The highest BCUT2D eigenvalue weighted by atomic mass is 16.1. The van der Waals surface area contributed by atoms with Gasteiger partial charge < -0.3 is 10.6 Å². The van der Waals surface area contributed by atoms with Crippen LogP contribution in [-0.2, 0) is 4.79 Å². The van der Waals surface area contributed by atoms with Crippen molar-refractivity contribution in [2.45, 2.75) is 34.1 Å². The van der Waals surface area contributed by atoms with Crippen molar-refractivity contribution in [3.05, 3.63) is 58.7 Å². The van der Waals surface area contributed by atoms with Crippen LogP contribution in [-0.4, -0.2) is 12.5 Å². The van der Waals surface area contributed by atoms with Gasteiger partial charge in [0.2, 0.25) is 5.91 Å². The van der Waals surface area contributed by atoms with E-state index in [-0.39, 0.29) is 5.91 Å². The molecule has 0 unspecified atom stereocenters. The minimum absolute atomic E-state index is 0.0288. The predicted octanol–water partition coefficient (Wildman–Crippen LogP) is 4.36. The summed E-state index contributed by atoms with van der Waals surface area (Å²) < 4.78 is 0. The van der Waals surface area contributed by atoms with Gasteiger partial charge in [-0.05, 0) is 68.1 Å². The summed E-state index contributed by atoms with van der Waals surface area (Å²) >= 11 is 0. The van der Waals surface area contributed by atoms with Gasteiger partial charge >= 0.3 is 0 Å². The van der Waals surface area contributed by atoms with Crippen molar-refractivity contribution in [3.8, 4) is 0 Å². The van der Waals surface area contributed by atoms with Crippen molar-refractivity contribution in [3.63, 3.8) is 0 Å². The van der Waals surface area contributed by atoms with E-state index in [0.717, 1.165) is 11.4 Å². The average molecular weight is 296 g/mol. The van der Waals surface area contributed by atoms with Gasteiger partial charge in [0.1, 0.15) is 0 Å². The lowest BCUT2D eigenvalue weighted by Gasteiger charge is -2.12. The van der Waals surface area contributed by atoms with Crippen LogP contribution in [0.5, 0.6) is 0 Å². The lowest BCUT2D eigenvalue weighted by molar-refractivity contribution is -0.115. The van der Waals surface area contributed by atoms with Gasteiger partial charge in [0, 0.05) is 24.3 Å². The molecule has 0 fully saturated rings. The summed E-state index contributed by atoms with van der Waals surface area (Å²) in [6.45, 7) is 8.92. The van der Waals surface area contributed by atoms with Crippen molar-refractivity contribution >= 4 is 17.3 Å². The molecule has 0 aliphatic heterocycles. The summed E-state index contributed by atoms with van der Waals surface area (Å²) in [6.07, 6.45) is 0.445. The maximum absolute atomic E-state index is 12.0. The molecule has 2 aromatic carbocycles. The van der Waals surface area contributed by atoms with Crippen LogP contribution in [0.3, 0.4) is 0 Å².